The van der Waals surface area contributed by atoms with E-state index >= 15 is 0 Å². The Bertz CT molecular complexity index is 1310. The summed E-state index contributed by atoms with van der Waals surface area (Å²) in [7, 11) is 0. The fraction of sp³-hybridized carbons (Fsp3) is 0.281. The number of aliphatic hydroxyl groups is 1. The highest BCUT2D eigenvalue weighted by Gasteiger charge is 2.29. The maximum absolute atomic E-state index is 12.9. The molecule has 0 aromatic heterocycles. The first-order valence-corrected chi connectivity index (χ1v) is 13.6. The van der Waals surface area contributed by atoms with Gasteiger partial charge in [-0.15, -0.1) is 0 Å². The fourth-order valence-electron chi connectivity index (χ4n) is 4.82. The quantitative estimate of drug-likeness (QED) is 0.171. The molecule has 0 heterocycles. The normalized spacial score (nSPS) is 12.4. The van der Waals surface area contributed by atoms with Crippen LogP contribution in [0.25, 0.3) is 11.1 Å². The number of hydrogen-bond donors (Lipinski definition) is 4. The molecule has 4 rings (SSSR count). The first kappa shape index (κ1) is 29.4. The number of unbranched alkanes of at least 4 members (excludes halogenated alkanes) is 1. The van der Waals surface area contributed by atoms with Gasteiger partial charge >= 0.3 is 12.2 Å². The highest BCUT2D eigenvalue weighted by Crippen LogP contribution is 2.44. The van der Waals surface area contributed by atoms with Gasteiger partial charge in [-0.2, -0.15) is 0 Å². The zero-order chi connectivity index (χ0) is 29.0. The number of alkyl carbamates (subject to hydrolysis) is 2. The summed E-state index contributed by atoms with van der Waals surface area (Å²) in [6.07, 6.45) is 1.66. The predicted octanol–water partition coefficient (Wildman–Crippen LogP) is 5.11. The second kappa shape index (κ2) is 14.7. The van der Waals surface area contributed by atoms with Gasteiger partial charge in [0.1, 0.15) is 19.3 Å². The largest absolute Gasteiger partial charge is 0.449 e. The van der Waals surface area contributed by atoms with Crippen LogP contribution in [0.4, 0.5) is 15.3 Å². The average molecular weight is 558 g/mol. The van der Waals surface area contributed by atoms with Crippen molar-refractivity contribution < 1.29 is 29.0 Å². The van der Waals surface area contributed by atoms with Gasteiger partial charge in [-0.05, 0) is 59.2 Å². The third-order valence-corrected chi connectivity index (χ3v) is 6.88. The Kier molecular flexibility index (Phi) is 10.5. The van der Waals surface area contributed by atoms with Crippen molar-refractivity contribution in [3.63, 3.8) is 0 Å². The van der Waals surface area contributed by atoms with Crippen LogP contribution in [0.3, 0.4) is 0 Å². The number of ether oxygens (including phenoxy) is 2. The van der Waals surface area contributed by atoms with Crippen molar-refractivity contribution in [2.45, 2.75) is 37.8 Å². The zero-order valence-corrected chi connectivity index (χ0v) is 22.8. The van der Waals surface area contributed by atoms with E-state index < -0.39 is 24.1 Å². The van der Waals surface area contributed by atoms with Crippen LogP contribution in [0.1, 0.15) is 41.9 Å². The van der Waals surface area contributed by atoms with Gasteiger partial charge in [-0.3, -0.25) is 4.79 Å². The van der Waals surface area contributed by atoms with Gasteiger partial charge in [0.05, 0.1) is 6.61 Å². The summed E-state index contributed by atoms with van der Waals surface area (Å²) in [5.74, 6) is -0.416. The van der Waals surface area contributed by atoms with Crippen LogP contribution in [-0.2, 0) is 20.9 Å². The molecule has 1 aliphatic rings. The Morgan fingerprint density at radius 1 is 0.878 bits per heavy atom. The van der Waals surface area contributed by atoms with Gasteiger partial charge in [-0.1, -0.05) is 73.3 Å². The molecule has 0 spiro atoms. The van der Waals surface area contributed by atoms with Crippen LogP contribution >= 0.6 is 0 Å². The van der Waals surface area contributed by atoms with Crippen LogP contribution in [0.5, 0.6) is 0 Å². The molecule has 0 saturated carbocycles. The van der Waals surface area contributed by atoms with Crippen LogP contribution in [0, 0.1) is 0 Å². The first-order valence-electron chi connectivity index (χ1n) is 13.6. The summed E-state index contributed by atoms with van der Waals surface area (Å²) < 4.78 is 10.5. The Morgan fingerprint density at radius 2 is 1.54 bits per heavy atom. The molecule has 1 atom stereocenters. The molecule has 3 aromatic carbocycles. The highest BCUT2D eigenvalue weighted by atomic mass is 16.6. The number of aliphatic hydroxyl groups excluding tert-OH is 1. The minimum absolute atomic E-state index is 0.0146. The summed E-state index contributed by atoms with van der Waals surface area (Å²) in [5.41, 5.74) is 5.88. The van der Waals surface area contributed by atoms with Gasteiger partial charge in [0, 0.05) is 18.2 Å². The molecular formula is C32H35N3O6. The van der Waals surface area contributed by atoms with E-state index in [1.807, 2.05) is 24.3 Å². The van der Waals surface area contributed by atoms with Crippen LogP contribution < -0.4 is 16.0 Å². The van der Waals surface area contributed by atoms with E-state index in [1.165, 1.54) is 17.2 Å². The van der Waals surface area contributed by atoms with E-state index in [-0.39, 0.29) is 25.7 Å². The summed E-state index contributed by atoms with van der Waals surface area (Å²) in [4.78, 5) is 37.4. The van der Waals surface area contributed by atoms with E-state index in [9.17, 15) is 19.5 Å². The van der Waals surface area contributed by atoms with Crippen molar-refractivity contribution in [3.05, 3.63) is 102 Å². The summed E-state index contributed by atoms with van der Waals surface area (Å²) in [6.45, 7) is 4.02. The molecule has 0 bridgehead atoms. The van der Waals surface area contributed by atoms with Crippen LogP contribution in [0.2, 0.25) is 0 Å². The molecule has 0 unspecified atom stereocenters. The lowest BCUT2D eigenvalue weighted by Gasteiger charge is -2.18. The maximum atomic E-state index is 12.9. The van der Waals surface area contributed by atoms with Crippen molar-refractivity contribution in [1.82, 2.24) is 10.6 Å². The lowest BCUT2D eigenvalue weighted by Crippen LogP contribution is -2.44. The lowest BCUT2D eigenvalue weighted by atomic mass is 9.98. The number of amides is 3. The number of carbonyl (C=O) groups is 3. The van der Waals surface area contributed by atoms with Gasteiger partial charge in [-0.25, -0.2) is 9.59 Å². The second-order valence-electron chi connectivity index (χ2n) is 9.68. The third kappa shape index (κ3) is 7.95. The van der Waals surface area contributed by atoms with Crippen LogP contribution in [0.15, 0.2) is 85.5 Å². The molecule has 9 heteroatoms. The Balaban J connectivity index is 1.23. The molecule has 0 aliphatic heterocycles. The van der Waals surface area contributed by atoms with Crippen molar-refractivity contribution in [2.24, 2.45) is 0 Å². The molecule has 3 amide bonds. The smallest absolute Gasteiger partial charge is 0.408 e. The number of carbonyl (C=O) groups excluding carboxylic acids is 3. The predicted molar refractivity (Wildman–Crippen MR) is 156 cm³/mol. The molecule has 4 N–H and O–H groups in total. The second-order valence-corrected chi connectivity index (χ2v) is 9.68. The van der Waals surface area contributed by atoms with Gasteiger partial charge in [0.2, 0.25) is 5.91 Å². The van der Waals surface area contributed by atoms with Crippen molar-refractivity contribution in [1.29, 1.82) is 0 Å². The molecule has 0 fully saturated rings. The Morgan fingerprint density at radius 3 is 2.17 bits per heavy atom. The summed E-state index contributed by atoms with van der Waals surface area (Å²) >= 11 is 0. The topological polar surface area (TPSA) is 126 Å². The monoisotopic (exact) mass is 557 g/mol. The molecule has 1 aliphatic carbocycles. The SMILES string of the molecule is C=CCOC(=O)N[C@@H](CCCCNC(=O)OCC1c2ccccc2-c2ccccc21)C(=O)Nc1ccc(CO)cc1. The first-order chi connectivity index (χ1) is 20.0. The summed E-state index contributed by atoms with van der Waals surface area (Å²) in [6, 6.07) is 22.2. The van der Waals surface area contributed by atoms with Crippen molar-refractivity contribution >= 4 is 23.8 Å². The van der Waals surface area contributed by atoms with Gasteiger partial charge in [0.15, 0.2) is 0 Å². The minimum atomic E-state index is -0.848. The maximum Gasteiger partial charge on any atom is 0.408 e. The van der Waals surface area contributed by atoms with Gasteiger partial charge < -0.3 is 30.5 Å². The number of nitrogens with one attached hydrogen (secondary N) is 3. The summed E-state index contributed by atoms with van der Waals surface area (Å²) in [5, 5.41) is 17.3. The van der Waals surface area contributed by atoms with Crippen molar-refractivity contribution in [3.8, 4) is 11.1 Å². The standard InChI is InChI=1S/C32H35N3O6/c1-2-19-40-32(39)35-29(30(37)34-23-16-14-22(20-36)15-17-23)13-7-8-18-33-31(38)41-21-28-26-11-5-3-9-24(26)25-10-4-6-12-27(25)28/h2-6,9-12,14-17,28-29,36H,1,7-8,13,18-21H2,(H,33,38)(H,34,37)(H,35,39)/t29-/m0/s1. The molecule has 41 heavy (non-hydrogen) atoms. The molecular weight excluding hydrogens is 522 g/mol. The zero-order valence-electron chi connectivity index (χ0n) is 22.8. The van der Waals surface area contributed by atoms with E-state index in [0.29, 0.717) is 31.5 Å². The van der Waals surface area contributed by atoms with E-state index in [0.717, 1.165) is 16.7 Å². The molecule has 3 aromatic rings. The lowest BCUT2D eigenvalue weighted by molar-refractivity contribution is -0.118. The number of anilines is 1. The minimum Gasteiger partial charge on any atom is -0.449 e. The van der Waals surface area contributed by atoms with E-state index in [4.69, 9.17) is 9.47 Å². The average Bonchev–Trinajstić information content (AvgIpc) is 3.32. The Hall–Kier alpha value is -4.63. The Labute approximate surface area is 239 Å². The number of fused-ring (bicyclic) bond motifs is 3. The van der Waals surface area contributed by atoms with Crippen molar-refractivity contribution in [2.75, 3.05) is 25.1 Å². The van der Waals surface area contributed by atoms with Crippen LogP contribution in [-0.4, -0.2) is 49.0 Å². The third-order valence-electron chi connectivity index (χ3n) is 6.88. The number of benzene rings is 3. The van der Waals surface area contributed by atoms with E-state index in [1.54, 1.807) is 24.3 Å². The molecule has 0 saturated heterocycles. The molecule has 9 nitrogen and oxygen atoms in total. The van der Waals surface area contributed by atoms with E-state index in [2.05, 4.69) is 46.8 Å². The fourth-order valence-corrected chi connectivity index (χ4v) is 4.82. The molecule has 214 valence electrons. The number of hydrogen-bond acceptors (Lipinski definition) is 6. The number of rotatable bonds is 13. The van der Waals surface area contributed by atoms with Gasteiger partial charge in [0.25, 0.3) is 0 Å². The highest BCUT2D eigenvalue weighted by molar-refractivity contribution is 5.96. The molecule has 0 radical (unpaired) electrons.